The van der Waals surface area contributed by atoms with E-state index in [0.29, 0.717) is 16.2 Å². The number of nitrogens with one attached hydrogen (secondary N) is 2. The normalized spacial score (nSPS) is 10.1. The maximum absolute atomic E-state index is 11.7. The van der Waals surface area contributed by atoms with Crippen LogP contribution in [0.3, 0.4) is 0 Å². The molecule has 2 amide bonds. The van der Waals surface area contributed by atoms with Crippen LogP contribution in [-0.4, -0.2) is 11.8 Å². The van der Waals surface area contributed by atoms with Crippen molar-refractivity contribution < 1.29 is 14.0 Å². The number of aryl methyl sites for hydroxylation is 2. The van der Waals surface area contributed by atoms with E-state index in [1.165, 1.54) is 17.6 Å². The number of hydrogen-bond donors (Lipinski definition) is 2. The fourth-order valence-corrected chi connectivity index (χ4v) is 2.28. The van der Waals surface area contributed by atoms with Crippen molar-refractivity contribution in [1.82, 2.24) is 10.9 Å². The van der Waals surface area contributed by atoms with E-state index in [4.69, 9.17) is 4.42 Å². The van der Waals surface area contributed by atoms with E-state index >= 15 is 0 Å². The van der Waals surface area contributed by atoms with Crippen LogP contribution >= 0.6 is 11.3 Å². The highest BCUT2D eigenvalue weighted by Crippen LogP contribution is 2.14. The Balaban J connectivity index is 1.97. The minimum atomic E-state index is -0.399. The van der Waals surface area contributed by atoms with Gasteiger partial charge >= 0.3 is 0 Å². The first-order valence-corrected chi connectivity index (χ1v) is 6.16. The molecule has 0 saturated heterocycles. The highest BCUT2D eigenvalue weighted by atomic mass is 32.1. The summed E-state index contributed by atoms with van der Waals surface area (Å²) in [6.45, 7) is 3.52. The Hall–Kier alpha value is -2.08. The molecule has 6 heteroatoms. The van der Waals surface area contributed by atoms with Crippen LogP contribution in [0.25, 0.3) is 0 Å². The molecule has 2 rings (SSSR count). The lowest BCUT2D eigenvalue weighted by atomic mass is 10.2. The zero-order chi connectivity index (χ0) is 13.1. The lowest BCUT2D eigenvalue weighted by molar-refractivity contribution is 0.0847. The second-order valence-electron chi connectivity index (χ2n) is 3.73. The molecule has 0 aliphatic heterocycles. The fourth-order valence-electron chi connectivity index (χ4n) is 1.46. The molecule has 0 radical (unpaired) electrons. The minimum absolute atomic E-state index is 0.322. The summed E-state index contributed by atoms with van der Waals surface area (Å²) in [6, 6.07) is 3.40. The predicted octanol–water partition coefficient (Wildman–Crippen LogP) is 2.03. The number of amides is 2. The van der Waals surface area contributed by atoms with Gasteiger partial charge in [-0.15, -0.1) is 11.3 Å². The van der Waals surface area contributed by atoms with Crippen LogP contribution in [-0.2, 0) is 0 Å². The van der Waals surface area contributed by atoms with E-state index in [0.717, 1.165) is 5.56 Å². The molecule has 2 aromatic heterocycles. The molecule has 5 nitrogen and oxygen atoms in total. The van der Waals surface area contributed by atoms with Crippen LogP contribution in [0.2, 0.25) is 0 Å². The van der Waals surface area contributed by atoms with Crippen molar-refractivity contribution in [2.75, 3.05) is 0 Å². The van der Waals surface area contributed by atoms with E-state index in [1.807, 2.05) is 18.4 Å². The SMILES string of the molecule is Cc1ccsc1C(=O)NNC(=O)c1ccoc1C. The van der Waals surface area contributed by atoms with Crippen LogP contribution in [0.1, 0.15) is 31.4 Å². The van der Waals surface area contributed by atoms with Crippen molar-refractivity contribution in [2.45, 2.75) is 13.8 Å². The summed E-state index contributed by atoms with van der Waals surface area (Å²) in [6.07, 6.45) is 1.43. The van der Waals surface area contributed by atoms with Gasteiger partial charge in [-0.2, -0.15) is 0 Å². The molecule has 0 unspecified atom stereocenters. The van der Waals surface area contributed by atoms with Crippen molar-refractivity contribution in [3.8, 4) is 0 Å². The highest BCUT2D eigenvalue weighted by Gasteiger charge is 2.14. The Morgan fingerprint density at radius 3 is 2.44 bits per heavy atom. The van der Waals surface area contributed by atoms with Gasteiger partial charge in [-0.25, -0.2) is 0 Å². The molecule has 0 bridgehead atoms. The van der Waals surface area contributed by atoms with Crippen molar-refractivity contribution in [3.05, 3.63) is 45.5 Å². The number of hydrogen-bond acceptors (Lipinski definition) is 4. The summed E-state index contributed by atoms with van der Waals surface area (Å²) in [5.74, 6) is -0.213. The molecule has 0 aliphatic rings. The van der Waals surface area contributed by atoms with Crippen LogP contribution in [0.15, 0.2) is 28.2 Å². The molecule has 2 aromatic rings. The maximum atomic E-state index is 11.7. The molecular formula is C12H12N2O3S. The second-order valence-corrected chi connectivity index (χ2v) is 4.65. The van der Waals surface area contributed by atoms with Crippen LogP contribution in [0.5, 0.6) is 0 Å². The molecule has 0 spiro atoms. The standard InChI is InChI=1S/C12H12N2O3S/c1-7-4-6-18-10(7)12(16)14-13-11(15)9-3-5-17-8(9)2/h3-6H,1-2H3,(H,13,15)(H,14,16). The zero-order valence-corrected chi connectivity index (χ0v) is 10.8. The van der Waals surface area contributed by atoms with Gasteiger partial charge in [0.05, 0.1) is 16.7 Å². The molecule has 0 atom stereocenters. The first-order valence-electron chi connectivity index (χ1n) is 5.28. The van der Waals surface area contributed by atoms with E-state index in [1.54, 1.807) is 13.0 Å². The summed E-state index contributed by atoms with van der Waals surface area (Å²) in [5.41, 5.74) is 6.00. The van der Waals surface area contributed by atoms with E-state index < -0.39 is 5.91 Å². The number of furan rings is 1. The molecule has 94 valence electrons. The van der Waals surface area contributed by atoms with E-state index in [-0.39, 0.29) is 5.91 Å². The van der Waals surface area contributed by atoms with Crippen molar-refractivity contribution in [1.29, 1.82) is 0 Å². The van der Waals surface area contributed by atoms with Gasteiger partial charge < -0.3 is 4.42 Å². The Labute approximate surface area is 108 Å². The number of rotatable bonds is 2. The van der Waals surface area contributed by atoms with Gasteiger partial charge in [0.1, 0.15) is 5.76 Å². The van der Waals surface area contributed by atoms with Gasteiger partial charge in [0.15, 0.2) is 0 Å². The topological polar surface area (TPSA) is 71.3 Å². The van der Waals surface area contributed by atoms with Crippen molar-refractivity contribution in [2.24, 2.45) is 0 Å². The smallest absolute Gasteiger partial charge is 0.280 e. The van der Waals surface area contributed by atoms with Crippen molar-refractivity contribution in [3.63, 3.8) is 0 Å². The van der Waals surface area contributed by atoms with Gasteiger partial charge in [0, 0.05) is 0 Å². The van der Waals surface area contributed by atoms with Gasteiger partial charge in [-0.05, 0) is 36.9 Å². The average molecular weight is 264 g/mol. The lowest BCUT2D eigenvalue weighted by Crippen LogP contribution is -2.41. The van der Waals surface area contributed by atoms with Crippen LogP contribution in [0, 0.1) is 13.8 Å². The third-order valence-corrected chi connectivity index (χ3v) is 3.48. The molecule has 0 aromatic carbocycles. The third kappa shape index (κ3) is 2.43. The summed E-state index contributed by atoms with van der Waals surface area (Å²) < 4.78 is 5.01. The molecule has 0 fully saturated rings. The van der Waals surface area contributed by atoms with Crippen molar-refractivity contribution >= 4 is 23.2 Å². The summed E-state index contributed by atoms with van der Waals surface area (Å²) in [4.78, 5) is 24.0. The molecule has 2 N–H and O–H groups in total. The van der Waals surface area contributed by atoms with E-state index in [9.17, 15) is 9.59 Å². The first-order chi connectivity index (χ1) is 8.59. The van der Waals surface area contributed by atoms with Gasteiger partial charge in [0.2, 0.25) is 0 Å². The summed E-state index contributed by atoms with van der Waals surface area (Å²) in [5, 5.41) is 1.83. The average Bonchev–Trinajstić information content (AvgIpc) is 2.94. The molecule has 2 heterocycles. The Morgan fingerprint density at radius 2 is 1.89 bits per heavy atom. The Kier molecular flexibility index (Phi) is 3.47. The Morgan fingerprint density at radius 1 is 1.17 bits per heavy atom. The minimum Gasteiger partial charge on any atom is -0.469 e. The third-order valence-electron chi connectivity index (χ3n) is 2.46. The zero-order valence-electron chi connectivity index (χ0n) is 9.94. The largest absolute Gasteiger partial charge is 0.469 e. The van der Waals surface area contributed by atoms with Crippen LogP contribution in [0.4, 0.5) is 0 Å². The van der Waals surface area contributed by atoms with E-state index in [2.05, 4.69) is 10.9 Å². The summed E-state index contributed by atoms with van der Waals surface area (Å²) in [7, 11) is 0. The lowest BCUT2D eigenvalue weighted by Gasteiger charge is -2.06. The first kappa shape index (κ1) is 12.4. The van der Waals surface area contributed by atoms with Gasteiger partial charge in [-0.3, -0.25) is 20.4 Å². The predicted molar refractivity (Wildman–Crippen MR) is 67.4 cm³/mol. The highest BCUT2D eigenvalue weighted by molar-refractivity contribution is 7.12. The molecule has 0 aliphatic carbocycles. The summed E-state index contributed by atoms with van der Waals surface area (Å²) >= 11 is 1.33. The number of thiophene rings is 1. The van der Waals surface area contributed by atoms with Crippen LogP contribution < -0.4 is 10.9 Å². The maximum Gasteiger partial charge on any atom is 0.280 e. The quantitative estimate of drug-likeness (QED) is 0.815. The molecular weight excluding hydrogens is 252 g/mol. The van der Waals surface area contributed by atoms with Gasteiger partial charge in [0.25, 0.3) is 11.8 Å². The number of carbonyl (C=O) groups excluding carboxylic acids is 2. The van der Waals surface area contributed by atoms with Gasteiger partial charge in [-0.1, -0.05) is 0 Å². The molecule has 0 saturated carbocycles. The number of carbonyl (C=O) groups is 2. The fraction of sp³-hybridized carbons (Fsp3) is 0.167. The Bertz CT molecular complexity index is 533. The second kappa shape index (κ2) is 5.05. The number of hydrazine groups is 1. The monoisotopic (exact) mass is 264 g/mol. The molecule has 18 heavy (non-hydrogen) atoms.